The second-order valence-electron chi connectivity index (χ2n) is 7.47. The third-order valence-electron chi connectivity index (χ3n) is 5.03. The molecular formula is C23H21FN6O. The Balaban J connectivity index is 1.36. The lowest BCUT2D eigenvalue weighted by Gasteiger charge is -2.11. The molecule has 0 atom stereocenters. The van der Waals surface area contributed by atoms with Crippen LogP contribution >= 0.6 is 0 Å². The zero-order chi connectivity index (χ0) is 21.0. The van der Waals surface area contributed by atoms with Gasteiger partial charge in [0.1, 0.15) is 17.2 Å². The van der Waals surface area contributed by atoms with Gasteiger partial charge >= 0.3 is 0 Å². The lowest BCUT2D eigenvalue weighted by atomic mass is 10.1. The van der Waals surface area contributed by atoms with Crippen molar-refractivity contribution in [3.8, 4) is 11.5 Å². The van der Waals surface area contributed by atoms with Gasteiger partial charge in [-0.2, -0.15) is 4.98 Å². The minimum absolute atomic E-state index is 0.238. The minimum Gasteiger partial charge on any atom is -0.420 e. The lowest BCUT2D eigenvalue weighted by molar-refractivity contribution is 0.508. The van der Waals surface area contributed by atoms with E-state index in [0.717, 1.165) is 30.5 Å². The van der Waals surface area contributed by atoms with Gasteiger partial charge in [0, 0.05) is 24.3 Å². The highest BCUT2D eigenvalue weighted by Crippen LogP contribution is 2.40. The van der Waals surface area contributed by atoms with Crippen LogP contribution in [-0.2, 0) is 6.42 Å². The molecule has 1 aliphatic carbocycles. The number of benzene rings is 2. The number of halogens is 1. The first-order valence-corrected chi connectivity index (χ1v) is 10.3. The van der Waals surface area contributed by atoms with E-state index in [1.54, 1.807) is 18.3 Å². The van der Waals surface area contributed by atoms with E-state index in [4.69, 9.17) is 4.42 Å². The van der Waals surface area contributed by atoms with Crippen LogP contribution in [0.15, 0.2) is 65.2 Å². The molecule has 0 amide bonds. The van der Waals surface area contributed by atoms with Crippen LogP contribution in [0.1, 0.15) is 30.2 Å². The molecule has 1 saturated carbocycles. The Morgan fingerprint density at radius 1 is 1.00 bits per heavy atom. The van der Waals surface area contributed by atoms with Crippen molar-refractivity contribution >= 4 is 17.5 Å². The molecule has 2 aromatic heterocycles. The summed E-state index contributed by atoms with van der Waals surface area (Å²) >= 11 is 0. The van der Waals surface area contributed by atoms with Crippen LogP contribution in [0.3, 0.4) is 0 Å². The number of hydrogen-bond donors (Lipinski definition) is 2. The zero-order valence-corrected chi connectivity index (χ0v) is 16.8. The third kappa shape index (κ3) is 4.69. The van der Waals surface area contributed by atoms with E-state index in [1.165, 1.54) is 12.1 Å². The molecule has 1 fully saturated rings. The number of para-hydroxylation sites is 1. The maximum Gasteiger partial charge on any atom is 0.253 e. The van der Waals surface area contributed by atoms with Gasteiger partial charge in [0.05, 0.1) is 0 Å². The Morgan fingerprint density at radius 3 is 2.58 bits per heavy atom. The van der Waals surface area contributed by atoms with E-state index in [9.17, 15) is 4.39 Å². The zero-order valence-electron chi connectivity index (χ0n) is 16.8. The number of nitrogens with one attached hydrogen (secondary N) is 2. The summed E-state index contributed by atoms with van der Waals surface area (Å²) in [7, 11) is 0. The average Bonchev–Trinajstić information content (AvgIpc) is 3.53. The molecule has 0 spiro atoms. The molecule has 0 unspecified atom stereocenters. The summed E-state index contributed by atoms with van der Waals surface area (Å²) in [5.41, 5.74) is 2.57. The van der Waals surface area contributed by atoms with E-state index in [1.807, 2.05) is 30.3 Å². The summed E-state index contributed by atoms with van der Waals surface area (Å²) in [6, 6.07) is 16.2. The van der Waals surface area contributed by atoms with Gasteiger partial charge in [0.25, 0.3) is 5.89 Å². The molecule has 156 valence electrons. The molecule has 8 heteroatoms. The van der Waals surface area contributed by atoms with Crippen LogP contribution < -0.4 is 10.6 Å². The smallest absolute Gasteiger partial charge is 0.253 e. The van der Waals surface area contributed by atoms with Crippen LogP contribution in [0.5, 0.6) is 0 Å². The Hall–Kier alpha value is -3.81. The highest BCUT2D eigenvalue weighted by molar-refractivity contribution is 5.73. The quantitative estimate of drug-likeness (QED) is 0.420. The molecule has 2 heterocycles. The van der Waals surface area contributed by atoms with E-state index in [-0.39, 0.29) is 5.82 Å². The fourth-order valence-electron chi connectivity index (χ4n) is 3.19. The Morgan fingerprint density at radius 2 is 1.81 bits per heavy atom. The SMILES string of the molecule is Fc1ccc(CCNc2ncc(-c3nnc(C4CC4)o3)c(Nc3ccccc3)n2)cc1. The molecule has 0 bridgehead atoms. The molecule has 1 aliphatic rings. The van der Waals surface area contributed by atoms with Crippen molar-refractivity contribution in [1.29, 1.82) is 0 Å². The van der Waals surface area contributed by atoms with Gasteiger partial charge < -0.3 is 15.1 Å². The summed E-state index contributed by atoms with van der Waals surface area (Å²) in [6.07, 6.45) is 4.58. The summed E-state index contributed by atoms with van der Waals surface area (Å²) in [5, 5.41) is 14.9. The van der Waals surface area contributed by atoms with Gasteiger partial charge in [0.2, 0.25) is 11.8 Å². The van der Waals surface area contributed by atoms with Crippen molar-refractivity contribution in [1.82, 2.24) is 20.2 Å². The number of anilines is 3. The lowest BCUT2D eigenvalue weighted by Crippen LogP contribution is -2.09. The fourth-order valence-corrected chi connectivity index (χ4v) is 3.19. The fraction of sp³-hybridized carbons (Fsp3) is 0.217. The maximum atomic E-state index is 13.1. The van der Waals surface area contributed by atoms with E-state index in [0.29, 0.717) is 41.6 Å². The van der Waals surface area contributed by atoms with Crippen LogP contribution in [0.25, 0.3) is 11.5 Å². The molecule has 0 aliphatic heterocycles. The molecule has 2 N–H and O–H groups in total. The molecule has 31 heavy (non-hydrogen) atoms. The second kappa shape index (κ2) is 8.51. The van der Waals surface area contributed by atoms with Gasteiger partial charge in [-0.05, 0) is 49.1 Å². The Bertz CT molecular complexity index is 1160. The molecule has 0 saturated heterocycles. The highest BCUT2D eigenvalue weighted by Gasteiger charge is 2.30. The Kier molecular flexibility index (Phi) is 5.26. The normalized spacial score (nSPS) is 13.2. The van der Waals surface area contributed by atoms with Crippen LogP contribution in [-0.4, -0.2) is 26.7 Å². The van der Waals surface area contributed by atoms with Crippen LogP contribution in [0.2, 0.25) is 0 Å². The summed E-state index contributed by atoms with van der Waals surface area (Å²) in [4.78, 5) is 9.06. The van der Waals surface area contributed by atoms with Crippen molar-refractivity contribution in [2.24, 2.45) is 0 Å². The topological polar surface area (TPSA) is 88.8 Å². The molecule has 4 aromatic rings. The largest absolute Gasteiger partial charge is 0.420 e. The van der Waals surface area contributed by atoms with Crippen LogP contribution in [0, 0.1) is 5.82 Å². The number of nitrogens with zero attached hydrogens (tertiary/aromatic N) is 4. The van der Waals surface area contributed by atoms with Gasteiger partial charge in [-0.3, -0.25) is 0 Å². The first kappa shape index (κ1) is 19.2. The van der Waals surface area contributed by atoms with Gasteiger partial charge in [-0.25, -0.2) is 9.37 Å². The standard InChI is InChI=1S/C23H21FN6O/c24-17-10-6-15(7-11-17)12-13-25-23-26-14-19(22-30-29-21(31-22)16-8-9-16)20(28-23)27-18-4-2-1-3-5-18/h1-7,10-11,14,16H,8-9,12-13H2,(H2,25,26,27,28). The van der Waals surface area contributed by atoms with Gasteiger partial charge in [-0.15, -0.1) is 10.2 Å². The number of aromatic nitrogens is 4. The first-order valence-electron chi connectivity index (χ1n) is 10.3. The van der Waals surface area contributed by atoms with E-state index < -0.39 is 0 Å². The van der Waals surface area contributed by atoms with Crippen LogP contribution in [0.4, 0.5) is 21.8 Å². The molecule has 5 rings (SSSR count). The second-order valence-corrected chi connectivity index (χ2v) is 7.47. The first-order chi connectivity index (χ1) is 15.2. The monoisotopic (exact) mass is 416 g/mol. The molecule has 2 aromatic carbocycles. The number of hydrogen-bond acceptors (Lipinski definition) is 7. The van der Waals surface area contributed by atoms with Crippen molar-refractivity contribution < 1.29 is 8.81 Å². The average molecular weight is 416 g/mol. The highest BCUT2D eigenvalue weighted by atomic mass is 19.1. The van der Waals surface area contributed by atoms with Crippen molar-refractivity contribution in [2.75, 3.05) is 17.2 Å². The van der Waals surface area contributed by atoms with Crippen molar-refractivity contribution in [2.45, 2.75) is 25.2 Å². The minimum atomic E-state index is -0.238. The van der Waals surface area contributed by atoms with Crippen molar-refractivity contribution in [3.05, 3.63) is 78.1 Å². The number of rotatable bonds is 8. The third-order valence-corrected chi connectivity index (χ3v) is 5.03. The Labute approximate surface area is 178 Å². The molecule has 0 radical (unpaired) electrons. The maximum absolute atomic E-state index is 13.1. The summed E-state index contributed by atoms with van der Waals surface area (Å²) < 4.78 is 18.9. The summed E-state index contributed by atoms with van der Waals surface area (Å²) in [5.74, 6) is 2.27. The summed E-state index contributed by atoms with van der Waals surface area (Å²) in [6.45, 7) is 0.613. The van der Waals surface area contributed by atoms with Gasteiger partial charge in [-0.1, -0.05) is 30.3 Å². The van der Waals surface area contributed by atoms with E-state index in [2.05, 4.69) is 30.8 Å². The predicted octanol–water partition coefficient (Wildman–Crippen LogP) is 4.94. The predicted molar refractivity (Wildman–Crippen MR) is 116 cm³/mol. The molecular weight excluding hydrogens is 395 g/mol. The van der Waals surface area contributed by atoms with Crippen molar-refractivity contribution in [3.63, 3.8) is 0 Å². The molecule has 7 nitrogen and oxygen atoms in total. The van der Waals surface area contributed by atoms with E-state index >= 15 is 0 Å². The van der Waals surface area contributed by atoms with Gasteiger partial charge in [0.15, 0.2) is 0 Å².